The lowest BCUT2D eigenvalue weighted by molar-refractivity contribution is -0.137. The molecule has 35 heavy (non-hydrogen) atoms. The van der Waals surface area contributed by atoms with Crippen molar-refractivity contribution in [2.24, 2.45) is 0 Å². The third kappa shape index (κ3) is 6.17. The molecule has 4 rings (SSSR count). The van der Waals surface area contributed by atoms with Crippen LogP contribution in [0.3, 0.4) is 0 Å². The van der Waals surface area contributed by atoms with Gasteiger partial charge in [0.05, 0.1) is 0 Å². The molecule has 1 fully saturated rings. The molecule has 2 aromatic rings. The van der Waals surface area contributed by atoms with Crippen LogP contribution in [0.1, 0.15) is 55.6 Å². The van der Waals surface area contributed by atoms with E-state index in [1.165, 1.54) is 0 Å². The van der Waals surface area contributed by atoms with E-state index in [4.69, 9.17) is 9.84 Å². The molecule has 0 heterocycles. The summed E-state index contributed by atoms with van der Waals surface area (Å²) in [5.74, 6) is -1.46. The second kappa shape index (κ2) is 11.6. The Labute approximate surface area is 210 Å². The summed E-state index contributed by atoms with van der Waals surface area (Å²) in [7, 11) is 0. The van der Waals surface area contributed by atoms with Gasteiger partial charge in [-0.1, -0.05) is 55.0 Å². The van der Waals surface area contributed by atoms with Gasteiger partial charge in [-0.25, -0.2) is 4.79 Å². The summed E-state index contributed by atoms with van der Waals surface area (Å²) >= 11 is 1.80. The van der Waals surface area contributed by atoms with Crippen LogP contribution < -0.4 is 10.6 Å². The standard InChI is InChI=1S/C27H32N2O5S/c1-35-18-8-6-7-17(15-18)28-26(32)24(13-14-25(30)31)29-27(33)34-16-23-21-11-4-2-9-19(21)20-10-3-5-12-22(20)23/h2-5,9-12,17-18,23-24H,6-8,13-16H2,1H3,(H,28,32)(H,29,33)(H,30,31). The van der Waals surface area contributed by atoms with Crippen LogP contribution in [0.25, 0.3) is 11.1 Å². The third-order valence-electron chi connectivity index (χ3n) is 6.90. The Kier molecular flexibility index (Phi) is 8.33. The predicted octanol–water partition coefficient (Wildman–Crippen LogP) is 4.55. The first-order chi connectivity index (χ1) is 17.0. The van der Waals surface area contributed by atoms with E-state index in [0.29, 0.717) is 5.25 Å². The lowest BCUT2D eigenvalue weighted by atomic mass is 9.94. The Hall–Kier alpha value is -3.00. The molecule has 3 atom stereocenters. The van der Waals surface area contributed by atoms with E-state index >= 15 is 0 Å². The van der Waals surface area contributed by atoms with Crippen LogP contribution in [0.2, 0.25) is 0 Å². The van der Waals surface area contributed by atoms with Crippen molar-refractivity contribution in [1.82, 2.24) is 10.6 Å². The average Bonchev–Trinajstić information content (AvgIpc) is 3.19. The first kappa shape index (κ1) is 25.1. The summed E-state index contributed by atoms with van der Waals surface area (Å²) in [4.78, 5) is 36.8. The van der Waals surface area contributed by atoms with Crippen LogP contribution in [0.15, 0.2) is 48.5 Å². The molecule has 2 aromatic carbocycles. The normalized spacial score (nSPS) is 19.8. The lowest BCUT2D eigenvalue weighted by Gasteiger charge is -2.30. The van der Waals surface area contributed by atoms with E-state index in [2.05, 4.69) is 29.0 Å². The summed E-state index contributed by atoms with van der Waals surface area (Å²) in [6.07, 6.45) is 5.07. The largest absolute Gasteiger partial charge is 0.481 e. The molecule has 2 aliphatic carbocycles. The van der Waals surface area contributed by atoms with Gasteiger partial charge in [0.15, 0.2) is 0 Å². The molecule has 0 aliphatic heterocycles. The van der Waals surface area contributed by atoms with Crippen molar-refractivity contribution < 1.29 is 24.2 Å². The summed E-state index contributed by atoms with van der Waals surface area (Å²) in [5, 5.41) is 15.3. The van der Waals surface area contributed by atoms with Crippen molar-refractivity contribution >= 4 is 29.7 Å². The van der Waals surface area contributed by atoms with E-state index in [0.717, 1.165) is 47.9 Å². The Bertz CT molecular complexity index is 1030. The minimum atomic E-state index is -1.02. The maximum Gasteiger partial charge on any atom is 0.407 e. The number of carboxylic acid groups (broad SMARTS) is 1. The number of fused-ring (bicyclic) bond motifs is 3. The molecular weight excluding hydrogens is 464 g/mol. The molecule has 7 nitrogen and oxygen atoms in total. The number of aliphatic carboxylic acids is 1. The molecule has 0 saturated heterocycles. The van der Waals surface area contributed by atoms with Crippen molar-refractivity contribution in [3.8, 4) is 11.1 Å². The van der Waals surface area contributed by atoms with Crippen molar-refractivity contribution in [3.05, 3.63) is 59.7 Å². The molecule has 0 bridgehead atoms. The maximum atomic E-state index is 13.0. The van der Waals surface area contributed by atoms with Crippen molar-refractivity contribution in [1.29, 1.82) is 0 Å². The van der Waals surface area contributed by atoms with Crippen LogP contribution in [-0.4, -0.2) is 53.3 Å². The fraction of sp³-hybridized carbons (Fsp3) is 0.444. The van der Waals surface area contributed by atoms with E-state index < -0.39 is 18.1 Å². The van der Waals surface area contributed by atoms with Crippen LogP contribution in [-0.2, 0) is 14.3 Å². The molecule has 0 radical (unpaired) electrons. The Balaban J connectivity index is 1.38. The zero-order valence-corrected chi connectivity index (χ0v) is 20.7. The molecule has 0 spiro atoms. The number of carbonyl (C=O) groups excluding carboxylic acids is 2. The highest BCUT2D eigenvalue weighted by Crippen LogP contribution is 2.44. The molecule has 1 saturated carbocycles. The van der Waals surface area contributed by atoms with Crippen LogP contribution in [0.4, 0.5) is 4.79 Å². The number of hydrogen-bond acceptors (Lipinski definition) is 5. The molecular formula is C27H32N2O5S. The molecule has 186 valence electrons. The fourth-order valence-electron chi connectivity index (χ4n) is 5.11. The van der Waals surface area contributed by atoms with E-state index in [-0.39, 0.29) is 37.3 Å². The van der Waals surface area contributed by atoms with Crippen molar-refractivity contribution in [2.75, 3.05) is 12.9 Å². The Morgan fingerprint density at radius 1 is 1.06 bits per heavy atom. The molecule has 0 aromatic heterocycles. The monoisotopic (exact) mass is 496 g/mol. The highest BCUT2D eigenvalue weighted by molar-refractivity contribution is 7.99. The molecule has 3 N–H and O–H groups in total. The second-order valence-electron chi connectivity index (χ2n) is 9.18. The number of benzene rings is 2. The minimum absolute atomic E-state index is 0.00401. The zero-order valence-electron chi connectivity index (χ0n) is 19.9. The van der Waals surface area contributed by atoms with Gasteiger partial charge in [-0.15, -0.1) is 0 Å². The van der Waals surface area contributed by atoms with Gasteiger partial charge in [0, 0.05) is 23.6 Å². The summed E-state index contributed by atoms with van der Waals surface area (Å²) in [6.45, 7) is 0.130. The SMILES string of the molecule is CSC1CCCC(NC(=O)C(CCC(=O)O)NC(=O)OCC2c3ccccc3-c3ccccc32)C1. The van der Waals surface area contributed by atoms with E-state index in [1.807, 2.05) is 36.4 Å². The lowest BCUT2D eigenvalue weighted by Crippen LogP contribution is -2.51. The highest BCUT2D eigenvalue weighted by Gasteiger charge is 2.31. The number of ether oxygens (including phenoxy) is 1. The summed E-state index contributed by atoms with van der Waals surface area (Å²) in [5.41, 5.74) is 4.46. The summed E-state index contributed by atoms with van der Waals surface area (Å²) < 4.78 is 5.57. The number of carbonyl (C=O) groups is 3. The fourth-order valence-corrected chi connectivity index (χ4v) is 5.94. The van der Waals surface area contributed by atoms with E-state index in [9.17, 15) is 14.4 Å². The number of nitrogens with one attached hydrogen (secondary N) is 2. The number of amides is 2. The summed E-state index contributed by atoms with van der Waals surface area (Å²) in [6, 6.07) is 15.2. The van der Waals surface area contributed by atoms with Gasteiger partial charge in [-0.3, -0.25) is 9.59 Å². The third-order valence-corrected chi connectivity index (χ3v) is 8.00. The van der Waals surface area contributed by atoms with Crippen molar-refractivity contribution in [2.45, 2.75) is 61.8 Å². The van der Waals surface area contributed by atoms with Gasteiger partial charge >= 0.3 is 12.1 Å². The van der Waals surface area contributed by atoms with E-state index in [1.54, 1.807) is 11.8 Å². The van der Waals surface area contributed by atoms with Gasteiger partial charge in [0.25, 0.3) is 0 Å². The molecule has 2 aliphatic rings. The maximum absolute atomic E-state index is 13.0. The smallest absolute Gasteiger partial charge is 0.407 e. The number of alkyl carbamates (subject to hydrolysis) is 1. The number of hydrogen-bond donors (Lipinski definition) is 3. The van der Waals surface area contributed by atoms with Crippen molar-refractivity contribution in [3.63, 3.8) is 0 Å². The second-order valence-corrected chi connectivity index (χ2v) is 10.3. The first-order valence-electron chi connectivity index (χ1n) is 12.1. The zero-order chi connectivity index (χ0) is 24.8. The topological polar surface area (TPSA) is 105 Å². The molecule has 2 amide bonds. The number of thioether (sulfide) groups is 1. The predicted molar refractivity (Wildman–Crippen MR) is 137 cm³/mol. The van der Waals surface area contributed by atoms with Gasteiger partial charge in [-0.2, -0.15) is 11.8 Å². The number of carboxylic acids is 1. The highest BCUT2D eigenvalue weighted by atomic mass is 32.2. The van der Waals surface area contributed by atoms with Crippen LogP contribution in [0.5, 0.6) is 0 Å². The Morgan fingerprint density at radius 2 is 1.71 bits per heavy atom. The molecule has 8 heteroatoms. The number of rotatable bonds is 9. The average molecular weight is 497 g/mol. The van der Waals surface area contributed by atoms with Crippen LogP contribution in [0, 0.1) is 0 Å². The van der Waals surface area contributed by atoms with Gasteiger partial charge < -0.3 is 20.5 Å². The minimum Gasteiger partial charge on any atom is -0.481 e. The Morgan fingerprint density at radius 3 is 2.34 bits per heavy atom. The van der Waals surface area contributed by atoms with Gasteiger partial charge in [-0.05, 0) is 54.2 Å². The molecule has 3 unspecified atom stereocenters. The first-order valence-corrected chi connectivity index (χ1v) is 13.4. The quantitative estimate of drug-likeness (QED) is 0.471. The van der Waals surface area contributed by atoms with Gasteiger partial charge in [0.1, 0.15) is 12.6 Å². The van der Waals surface area contributed by atoms with Gasteiger partial charge in [0.2, 0.25) is 5.91 Å². The van der Waals surface area contributed by atoms with Crippen LogP contribution >= 0.6 is 11.8 Å².